The first-order valence-corrected chi connectivity index (χ1v) is 12.1. The lowest BCUT2D eigenvalue weighted by Gasteiger charge is -2.30. The number of unbranched alkanes of at least 4 members (excludes halogenated alkanes) is 4. The van der Waals surface area contributed by atoms with Crippen molar-refractivity contribution in [3.63, 3.8) is 0 Å². The number of ether oxygens (including phenoxy) is 4. The molecule has 8 nitrogen and oxygen atoms in total. The fourth-order valence-corrected chi connectivity index (χ4v) is 4.60. The van der Waals surface area contributed by atoms with Crippen LogP contribution in [0.1, 0.15) is 78.1 Å². The van der Waals surface area contributed by atoms with Gasteiger partial charge in [0.25, 0.3) is 0 Å². The maximum absolute atomic E-state index is 13.0. The molecule has 0 N–H and O–H groups in total. The van der Waals surface area contributed by atoms with E-state index in [4.69, 9.17) is 18.9 Å². The van der Waals surface area contributed by atoms with Gasteiger partial charge in [-0.1, -0.05) is 52.4 Å². The molecule has 0 aromatic rings. The second-order valence-electron chi connectivity index (χ2n) is 8.54. The summed E-state index contributed by atoms with van der Waals surface area (Å²) in [5.74, 6) is -3.55. The first-order chi connectivity index (χ1) is 16.3. The largest absolute Gasteiger partial charge is 0.466 e. The van der Waals surface area contributed by atoms with Gasteiger partial charge in [-0.05, 0) is 37.5 Å². The van der Waals surface area contributed by atoms with Crippen molar-refractivity contribution in [2.75, 3.05) is 28.4 Å². The van der Waals surface area contributed by atoms with E-state index >= 15 is 0 Å². The number of esters is 4. The van der Waals surface area contributed by atoms with E-state index in [0.717, 1.165) is 38.5 Å². The Morgan fingerprint density at radius 3 is 1.32 bits per heavy atom. The Hall–Kier alpha value is -2.64. The fraction of sp³-hybridized carbons (Fsp3) is 0.692. The zero-order valence-corrected chi connectivity index (χ0v) is 21.5. The molecule has 1 aliphatic carbocycles. The zero-order valence-electron chi connectivity index (χ0n) is 21.5. The molecule has 0 aromatic heterocycles. The molecule has 192 valence electrons. The molecule has 0 bridgehead atoms. The summed E-state index contributed by atoms with van der Waals surface area (Å²) in [6.45, 7) is 4.11. The number of rotatable bonds is 12. The number of carbonyl (C=O) groups is 4. The summed E-state index contributed by atoms with van der Waals surface area (Å²) in [4.78, 5) is 51.8. The van der Waals surface area contributed by atoms with Crippen molar-refractivity contribution in [3.8, 4) is 0 Å². The third kappa shape index (κ3) is 7.71. The molecule has 0 spiro atoms. The number of methoxy groups -OCH3 is 4. The van der Waals surface area contributed by atoms with Crippen molar-refractivity contribution >= 4 is 23.9 Å². The highest BCUT2D eigenvalue weighted by molar-refractivity contribution is 6.04. The molecule has 0 aromatic carbocycles. The normalized spacial score (nSPS) is 22.9. The van der Waals surface area contributed by atoms with E-state index < -0.39 is 35.7 Å². The van der Waals surface area contributed by atoms with Crippen LogP contribution in [0.25, 0.3) is 0 Å². The summed E-state index contributed by atoms with van der Waals surface area (Å²) < 4.78 is 20.2. The SMILES string of the molecule is CCCCCC[C@H]1C/C(C(=O)OC)=C(/C(=O)OC)[C@@H](CCCC)C/C(C(=O)OC)=C\1C(=O)OC. The molecule has 0 unspecified atom stereocenters. The van der Waals surface area contributed by atoms with Gasteiger partial charge < -0.3 is 18.9 Å². The maximum atomic E-state index is 13.0. The summed E-state index contributed by atoms with van der Waals surface area (Å²) >= 11 is 0. The van der Waals surface area contributed by atoms with E-state index in [1.807, 2.05) is 6.92 Å². The van der Waals surface area contributed by atoms with Crippen molar-refractivity contribution in [3.05, 3.63) is 22.3 Å². The van der Waals surface area contributed by atoms with Crippen molar-refractivity contribution < 1.29 is 38.1 Å². The second-order valence-corrected chi connectivity index (χ2v) is 8.54. The van der Waals surface area contributed by atoms with Gasteiger partial charge in [-0.25, -0.2) is 19.2 Å². The van der Waals surface area contributed by atoms with Gasteiger partial charge in [0.05, 0.1) is 39.6 Å². The van der Waals surface area contributed by atoms with Gasteiger partial charge in [-0.15, -0.1) is 0 Å². The van der Waals surface area contributed by atoms with Gasteiger partial charge in [-0.2, -0.15) is 0 Å². The topological polar surface area (TPSA) is 105 Å². The highest BCUT2D eigenvalue weighted by atomic mass is 16.5. The van der Waals surface area contributed by atoms with Crippen molar-refractivity contribution in [2.45, 2.75) is 78.1 Å². The Morgan fingerprint density at radius 2 is 0.971 bits per heavy atom. The molecule has 1 aliphatic rings. The van der Waals surface area contributed by atoms with Gasteiger partial charge in [-0.3, -0.25) is 0 Å². The van der Waals surface area contributed by atoms with Crippen molar-refractivity contribution in [1.29, 1.82) is 0 Å². The predicted octanol–water partition coefficient (Wildman–Crippen LogP) is 4.46. The highest BCUT2D eigenvalue weighted by Gasteiger charge is 2.39. The van der Waals surface area contributed by atoms with Crippen LogP contribution in [-0.4, -0.2) is 52.3 Å². The quantitative estimate of drug-likeness (QED) is 0.229. The molecule has 34 heavy (non-hydrogen) atoms. The smallest absolute Gasteiger partial charge is 0.334 e. The average Bonchev–Trinajstić information content (AvgIpc) is 2.85. The molecule has 0 saturated heterocycles. The fourth-order valence-electron chi connectivity index (χ4n) is 4.60. The van der Waals surface area contributed by atoms with Gasteiger partial charge >= 0.3 is 23.9 Å². The molecule has 0 fully saturated rings. The number of hydrogen-bond donors (Lipinski definition) is 0. The molecule has 2 atom stereocenters. The number of hydrogen-bond acceptors (Lipinski definition) is 8. The minimum Gasteiger partial charge on any atom is -0.466 e. The van der Waals surface area contributed by atoms with Crippen LogP contribution in [0.3, 0.4) is 0 Å². The standard InChI is InChI=1S/C26H40O8/c1-7-9-11-12-14-18-16-20(24(28)32-4)21(25(29)33-5)17(13-10-8-2)15-19(23(27)31-3)22(18)26(30)34-6/h17-18H,7-16H2,1-6H3/b21-20-,22-19-/t17-,18-/m0/s1. The molecule has 0 amide bonds. The molecule has 0 heterocycles. The summed E-state index contributed by atoms with van der Waals surface area (Å²) in [6, 6.07) is 0. The first kappa shape index (κ1) is 29.4. The molecule has 8 heteroatoms. The summed E-state index contributed by atoms with van der Waals surface area (Å²) in [6.07, 6.45) is 6.59. The van der Waals surface area contributed by atoms with Crippen LogP contribution in [0.4, 0.5) is 0 Å². The molecule has 0 aliphatic heterocycles. The van der Waals surface area contributed by atoms with E-state index in [2.05, 4.69) is 6.92 Å². The maximum Gasteiger partial charge on any atom is 0.334 e. The van der Waals surface area contributed by atoms with Crippen LogP contribution >= 0.6 is 0 Å². The van der Waals surface area contributed by atoms with Gasteiger partial charge in [0.1, 0.15) is 0 Å². The minimum absolute atomic E-state index is 0.0630. The molecular weight excluding hydrogens is 440 g/mol. The predicted molar refractivity (Wildman–Crippen MR) is 127 cm³/mol. The van der Waals surface area contributed by atoms with Crippen molar-refractivity contribution in [1.82, 2.24) is 0 Å². The third-order valence-corrected chi connectivity index (χ3v) is 6.35. The van der Waals surface area contributed by atoms with E-state index in [1.165, 1.54) is 28.4 Å². The Labute approximate surface area is 203 Å². The van der Waals surface area contributed by atoms with Crippen LogP contribution < -0.4 is 0 Å². The molecule has 1 rings (SSSR count). The van der Waals surface area contributed by atoms with Crippen LogP contribution in [0.5, 0.6) is 0 Å². The van der Waals surface area contributed by atoms with Crippen LogP contribution in [0.15, 0.2) is 22.3 Å². The first-order valence-electron chi connectivity index (χ1n) is 12.1. The zero-order chi connectivity index (χ0) is 25.7. The van der Waals surface area contributed by atoms with E-state index in [9.17, 15) is 19.2 Å². The Balaban J connectivity index is 3.82. The Bertz CT molecular complexity index is 793. The van der Waals surface area contributed by atoms with Crippen LogP contribution in [-0.2, 0) is 38.1 Å². The van der Waals surface area contributed by atoms with E-state index in [1.54, 1.807) is 0 Å². The van der Waals surface area contributed by atoms with Gasteiger partial charge in [0, 0.05) is 11.1 Å². The molecule has 0 saturated carbocycles. The Morgan fingerprint density at radius 1 is 0.588 bits per heavy atom. The lowest BCUT2D eigenvalue weighted by atomic mass is 9.74. The summed E-state index contributed by atoms with van der Waals surface area (Å²) in [7, 11) is 5.05. The molecule has 0 radical (unpaired) electrons. The lowest BCUT2D eigenvalue weighted by molar-refractivity contribution is -0.141. The lowest BCUT2D eigenvalue weighted by Crippen LogP contribution is -2.30. The summed E-state index contributed by atoms with van der Waals surface area (Å²) in [5, 5.41) is 0. The van der Waals surface area contributed by atoms with Crippen molar-refractivity contribution in [2.24, 2.45) is 11.8 Å². The summed E-state index contributed by atoms with van der Waals surface area (Å²) in [5.41, 5.74) is 0.826. The van der Waals surface area contributed by atoms with Crippen LogP contribution in [0.2, 0.25) is 0 Å². The minimum atomic E-state index is -0.633. The Kier molecular flexibility index (Phi) is 13.2. The second kappa shape index (κ2) is 15.3. The number of carbonyl (C=O) groups excluding carboxylic acids is 4. The molecular formula is C26H40O8. The monoisotopic (exact) mass is 480 g/mol. The van der Waals surface area contributed by atoms with Crippen LogP contribution in [0, 0.1) is 11.8 Å². The van der Waals surface area contributed by atoms with E-state index in [0.29, 0.717) is 12.8 Å². The van der Waals surface area contributed by atoms with E-state index in [-0.39, 0.29) is 35.1 Å². The highest BCUT2D eigenvalue weighted by Crippen LogP contribution is 2.40. The third-order valence-electron chi connectivity index (χ3n) is 6.35. The average molecular weight is 481 g/mol. The van der Waals surface area contributed by atoms with Gasteiger partial charge in [0.2, 0.25) is 0 Å². The van der Waals surface area contributed by atoms with Gasteiger partial charge in [0.15, 0.2) is 0 Å².